The van der Waals surface area contributed by atoms with E-state index in [1.54, 1.807) is 4.90 Å². The summed E-state index contributed by atoms with van der Waals surface area (Å²) in [5.41, 5.74) is -0.406. The number of halogens is 2. The summed E-state index contributed by atoms with van der Waals surface area (Å²) in [4.78, 5) is 17.1. The van der Waals surface area contributed by atoms with E-state index in [9.17, 15) is 13.6 Å². The van der Waals surface area contributed by atoms with Gasteiger partial charge in [0, 0.05) is 24.4 Å². The molecule has 2 aliphatic rings. The van der Waals surface area contributed by atoms with E-state index in [1.807, 2.05) is 0 Å². The highest BCUT2D eigenvalue weighted by molar-refractivity contribution is 5.85. The minimum atomic E-state index is -2.55. The maximum absolute atomic E-state index is 13.2. The first-order valence-electron chi connectivity index (χ1n) is 9.01. The van der Waals surface area contributed by atoms with Crippen molar-refractivity contribution in [1.29, 1.82) is 0 Å². The minimum absolute atomic E-state index is 0.180. The monoisotopic (exact) mass is 330 g/mol. The van der Waals surface area contributed by atoms with Crippen molar-refractivity contribution in [3.8, 4) is 0 Å². The average molecular weight is 330 g/mol. The van der Waals surface area contributed by atoms with Crippen LogP contribution in [0.1, 0.15) is 53.4 Å². The molecule has 0 bridgehead atoms. The van der Waals surface area contributed by atoms with E-state index in [0.717, 1.165) is 32.4 Å². The van der Waals surface area contributed by atoms with Crippen LogP contribution in [0.2, 0.25) is 0 Å². The fraction of sp³-hybridized carbons (Fsp3) is 0.944. The zero-order valence-electron chi connectivity index (χ0n) is 15.1. The number of rotatable bonds is 7. The highest BCUT2D eigenvalue weighted by atomic mass is 19.3. The van der Waals surface area contributed by atoms with Gasteiger partial charge in [-0.25, -0.2) is 8.78 Å². The Morgan fingerprint density at radius 2 is 1.65 bits per heavy atom. The molecular weight excluding hydrogens is 298 g/mol. The number of hydrogen-bond donors (Lipinski definition) is 0. The number of hydrogen-bond acceptors (Lipinski definition) is 3. The number of piperidine rings is 1. The van der Waals surface area contributed by atoms with E-state index in [4.69, 9.17) is 0 Å². The lowest BCUT2D eigenvalue weighted by Crippen LogP contribution is -2.61. The fourth-order valence-corrected chi connectivity index (χ4v) is 3.83. The van der Waals surface area contributed by atoms with Crippen molar-refractivity contribution in [3.05, 3.63) is 0 Å². The molecule has 0 unspecified atom stereocenters. The van der Waals surface area contributed by atoms with Gasteiger partial charge < -0.3 is 4.90 Å². The molecule has 23 heavy (non-hydrogen) atoms. The van der Waals surface area contributed by atoms with Gasteiger partial charge in [-0.15, -0.1) is 0 Å². The molecule has 0 aromatic carbocycles. The van der Waals surface area contributed by atoms with Gasteiger partial charge in [-0.2, -0.15) is 0 Å². The highest BCUT2D eigenvalue weighted by Gasteiger charge is 2.49. The van der Waals surface area contributed by atoms with Gasteiger partial charge in [-0.05, 0) is 52.1 Å². The molecule has 2 heterocycles. The van der Waals surface area contributed by atoms with Gasteiger partial charge in [-0.3, -0.25) is 9.69 Å². The first-order valence-corrected chi connectivity index (χ1v) is 9.01. The molecule has 0 atom stereocenters. The van der Waals surface area contributed by atoms with Crippen molar-refractivity contribution in [2.45, 2.75) is 65.3 Å². The Morgan fingerprint density at radius 1 is 1.09 bits per heavy atom. The zero-order valence-corrected chi connectivity index (χ0v) is 15.1. The number of carbonyl (C=O) groups is 1. The second-order valence-corrected chi connectivity index (χ2v) is 8.27. The van der Waals surface area contributed by atoms with Crippen molar-refractivity contribution in [3.63, 3.8) is 0 Å². The average Bonchev–Trinajstić information content (AvgIpc) is 2.43. The van der Waals surface area contributed by atoms with Gasteiger partial charge in [0.1, 0.15) is 5.78 Å². The number of Topliss-reactive ketones (excluding diaryl/α,β-unsaturated/α-hetero) is 1. The van der Waals surface area contributed by atoms with E-state index in [0.29, 0.717) is 30.7 Å². The molecule has 134 valence electrons. The van der Waals surface area contributed by atoms with Crippen LogP contribution in [0, 0.1) is 11.3 Å². The Kier molecular flexibility index (Phi) is 5.83. The van der Waals surface area contributed by atoms with Gasteiger partial charge in [0.25, 0.3) is 5.92 Å². The molecule has 0 saturated carbocycles. The largest absolute Gasteiger partial charge is 0.301 e. The molecule has 2 aliphatic heterocycles. The molecule has 0 N–H and O–H groups in total. The Bertz CT molecular complexity index is 407. The standard InChI is InChI=1S/C18H32F2N2O/c1-14(2)5-6-16(23)17(11-21-12-18(19,20)13-21)7-9-22(10-8-17)15(3)4/h14-15H,5-13H2,1-4H3. The van der Waals surface area contributed by atoms with Crippen LogP contribution < -0.4 is 0 Å². The predicted octanol–water partition coefficient (Wildman–Crippen LogP) is 3.43. The molecule has 5 heteroatoms. The Morgan fingerprint density at radius 3 is 2.09 bits per heavy atom. The number of likely N-dealkylation sites (tertiary alicyclic amines) is 2. The molecular formula is C18H32F2N2O. The number of nitrogens with zero attached hydrogens (tertiary/aromatic N) is 2. The van der Waals surface area contributed by atoms with Crippen molar-refractivity contribution in [2.24, 2.45) is 11.3 Å². The summed E-state index contributed by atoms with van der Waals surface area (Å²) in [7, 11) is 0. The second kappa shape index (κ2) is 7.14. The van der Waals surface area contributed by atoms with Crippen LogP contribution in [0.4, 0.5) is 8.78 Å². The normalized spacial score (nSPS) is 24.9. The molecule has 0 radical (unpaired) electrons. The van der Waals surface area contributed by atoms with Gasteiger partial charge in [-0.1, -0.05) is 13.8 Å². The van der Waals surface area contributed by atoms with E-state index in [2.05, 4.69) is 32.6 Å². The number of alkyl halides is 2. The minimum Gasteiger partial charge on any atom is -0.301 e. The van der Waals surface area contributed by atoms with Gasteiger partial charge in [0.15, 0.2) is 0 Å². The zero-order chi connectivity index (χ0) is 17.3. The molecule has 0 aromatic rings. The number of carbonyl (C=O) groups excluding carboxylic acids is 1. The lowest BCUT2D eigenvalue weighted by molar-refractivity contribution is -0.155. The van der Waals surface area contributed by atoms with Gasteiger partial charge in [0.2, 0.25) is 0 Å². The summed E-state index contributed by atoms with van der Waals surface area (Å²) in [6, 6.07) is 0.479. The van der Waals surface area contributed by atoms with E-state index in [-0.39, 0.29) is 13.1 Å². The van der Waals surface area contributed by atoms with Crippen LogP contribution in [0.25, 0.3) is 0 Å². The van der Waals surface area contributed by atoms with E-state index >= 15 is 0 Å². The molecule has 0 aromatic heterocycles. The Hall–Kier alpha value is -0.550. The quantitative estimate of drug-likeness (QED) is 0.714. The van der Waals surface area contributed by atoms with E-state index < -0.39 is 11.3 Å². The molecule has 2 saturated heterocycles. The summed E-state index contributed by atoms with van der Waals surface area (Å²) in [6.07, 6.45) is 3.10. The summed E-state index contributed by atoms with van der Waals surface area (Å²) >= 11 is 0. The smallest absolute Gasteiger partial charge is 0.272 e. The van der Waals surface area contributed by atoms with Crippen LogP contribution in [0.15, 0.2) is 0 Å². The third kappa shape index (κ3) is 4.72. The molecule has 0 aliphatic carbocycles. The molecule has 0 amide bonds. The van der Waals surface area contributed by atoms with Crippen LogP contribution in [0.3, 0.4) is 0 Å². The van der Waals surface area contributed by atoms with Gasteiger partial charge in [0.05, 0.1) is 13.1 Å². The third-order valence-electron chi connectivity index (χ3n) is 5.46. The molecule has 0 spiro atoms. The summed E-state index contributed by atoms with van der Waals surface area (Å²) in [5.74, 6) is -1.76. The molecule has 2 rings (SSSR count). The fourth-order valence-electron chi connectivity index (χ4n) is 3.83. The summed E-state index contributed by atoms with van der Waals surface area (Å²) < 4.78 is 26.3. The predicted molar refractivity (Wildman–Crippen MR) is 88.8 cm³/mol. The number of ketones is 1. The van der Waals surface area contributed by atoms with E-state index in [1.165, 1.54) is 0 Å². The van der Waals surface area contributed by atoms with Gasteiger partial charge >= 0.3 is 0 Å². The Balaban J connectivity index is 2.01. The van der Waals surface area contributed by atoms with Crippen molar-refractivity contribution in [2.75, 3.05) is 32.7 Å². The lowest BCUT2D eigenvalue weighted by atomic mass is 9.72. The van der Waals surface area contributed by atoms with Crippen molar-refractivity contribution < 1.29 is 13.6 Å². The van der Waals surface area contributed by atoms with Crippen molar-refractivity contribution in [1.82, 2.24) is 9.80 Å². The second-order valence-electron chi connectivity index (χ2n) is 8.27. The third-order valence-corrected chi connectivity index (χ3v) is 5.46. The summed E-state index contributed by atoms with van der Waals surface area (Å²) in [5, 5.41) is 0. The maximum atomic E-state index is 13.2. The molecule has 3 nitrogen and oxygen atoms in total. The van der Waals surface area contributed by atoms with Crippen molar-refractivity contribution >= 4 is 5.78 Å². The topological polar surface area (TPSA) is 23.6 Å². The maximum Gasteiger partial charge on any atom is 0.272 e. The summed E-state index contributed by atoms with van der Waals surface area (Å²) in [6.45, 7) is 10.5. The lowest BCUT2D eigenvalue weighted by Gasteiger charge is -2.48. The first kappa shape index (κ1) is 18.8. The highest BCUT2D eigenvalue weighted by Crippen LogP contribution is 2.39. The van der Waals surface area contributed by atoms with Crippen LogP contribution >= 0.6 is 0 Å². The van der Waals surface area contributed by atoms with Crippen LogP contribution in [-0.2, 0) is 4.79 Å². The SMILES string of the molecule is CC(C)CCC(=O)C1(CN2CC(F)(F)C2)CCN(C(C)C)CC1. The Labute approximate surface area is 139 Å². The first-order chi connectivity index (χ1) is 10.6. The van der Waals surface area contributed by atoms with Crippen LogP contribution in [-0.4, -0.2) is 60.3 Å². The van der Waals surface area contributed by atoms with Crippen LogP contribution in [0.5, 0.6) is 0 Å². The molecule has 2 fully saturated rings.